The van der Waals surface area contributed by atoms with Crippen molar-refractivity contribution in [2.45, 2.75) is 37.3 Å². The molecule has 6 nitrogen and oxygen atoms in total. The van der Waals surface area contributed by atoms with Crippen LogP contribution in [0.15, 0.2) is 35.2 Å². The Hall–Kier alpha value is -1.80. The maximum Gasteiger partial charge on any atom is 0.331 e. The first kappa shape index (κ1) is 21.5. The van der Waals surface area contributed by atoms with Crippen LogP contribution < -0.4 is 0 Å². The van der Waals surface area contributed by atoms with E-state index in [0.717, 1.165) is 10.5 Å². The lowest BCUT2D eigenvalue weighted by molar-refractivity contribution is -0.156. The van der Waals surface area contributed by atoms with Crippen molar-refractivity contribution in [1.29, 1.82) is 0 Å². The van der Waals surface area contributed by atoms with Gasteiger partial charge in [-0.2, -0.15) is 0 Å². The first-order valence-corrected chi connectivity index (χ1v) is 11.8. The van der Waals surface area contributed by atoms with Gasteiger partial charge in [0.25, 0.3) is 5.91 Å². The highest BCUT2D eigenvalue weighted by Gasteiger charge is 2.36. The molecule has 1 amide bonds. The van der Waals surface area contributed by atoms with Crippen molar-refractivity contribution < 1.29 is 22.7 Å². The predicted molar refractivity (Wildman–Crippen MR) is 107 cm³/mol. The van der Waals surface area contributed by atoms with Crippen LogP contribution in [0.25, 0.3) is 6.08 Å². The molecule has 0 unspecified atom stereocenters. The molecule has 0 radical (unpaired) electrons. The number of carbonyl (C=O) groups is 2. The van der Waals surface area contributed by atoms with Gasteiger partial charge in [-0.15, -0.1) is 11.8 Å². The summed E-state index contributed by atoms with van der Waals surface area (Å²) in [6.07, 6.45) is 4.36. The third kappa shape index (κ3) is 6.10. The molecule has 2 atom stereocenters. The summed E-state index contributed by atoms with van der Waals surface area (Å²) in [5, 5.41) is 0. The number of ether oxygens (including phenoxy) is 1. The third-order valence-corrected chi connectivity index (χ3v) is 6.94. The first-order chi connectivity index (χ1) is 12.8. The van der Waals surface area contributed by atoms with Gasteiger partial charge >= 0.3 is 5.97 Å². The van der Waals surface area contributed by atoms with Crippen molar-refractivity contribution in [1.82, 2.24) is 4.90 Å². The molecular weight excluding hydrogens is 386 g/mol. The molecule has 2 rings (SSSR count). The average Bonchev–Trinajstić information content (AvgIpc) is 3.00. The number of thioether (sulfide) groups is 1. The second-order valence-corrected chi connectivity index (χ2v) is 9.48. The highest BCUT2D eigenvalue weighted by Crippen LogP contribution is 2.19. The van der Waals surface area contributed by atoms with Crippen molar-refractivity contribution in [2.24, 2.45) is 0 Å². The maximum absolute atomic E-state index is 12.6. The molecule has 0 N–H and O–H groups in total. The largest absolute Gasteiger partial charge is 0.449 e. The molecule has 1 aromatic rings. The number of hydrogen-bond acceptors (Lipinski definition) is 6. The summed E-state index contributed by atoms with van der Waals surface area (Å²) in [4.78, 5) is 27.2. The maximum atomic E-state index is 12.6. The van der Waals surface area contributed by atoms with Gasteiger partial charge in [0.05, 0.1) is 11.5 Å². The van der Waals surface area contributed by atoms with Crippen LogP contribution in [0.3, 0.4) is 0 Å². The van der Waals surface area contributed by atoms with E-state index in [1.165, 1.54) is 17.9 Å². The molecule has 1 fully saturated rings. The Morgan fingerprint density at radius 1 is 1.33 bits per heavy atom. The minimum atomic E-state index is -3.09. The molecule has 0 aliphatic carbocycles. The summed E-state index contributed by atoms with van der Waals surface area (Å²) in [5.41, 5.74) is 0.857. The molecule has 1 saturated heterocycles. The smallest absolute Gasteiger partial charge is 0.331 e. The number of rotatable bonds is 7. The van der Waals surface area contributed by atoms with E-state index >= 15 is 0 Å². The number of esters is 1. The summed E-state index contributed by atoms with van der Waals surface area (Å²) in [6, 6.07) is 7.35. The lowest BCUT2D eigenvalue weighted by atomic mass is 10.2. The highest BCUT2D eigenvalue weighted by molar-refractivity contribution is 7.98. The second kappa shape index (κ2) is 9.41. The summed E-state index contributed by atoms with van der Waals surface area (Å²) >= 11 is 1.63. The fourth-order valence-corrected chi connectivity index (χ4v) is 5.13. The summed E-state index contributed by atoms with van der Waals surface area (Å²) in [6.45, 7) is 3.67. The van der Waals surface area contributed by atoms with Crippen LogP contribution in [0.5, 0.6) is 0 Å². The molecule has 0 bridgehead atoms. The number of nitrogens with zero attached hydrogens (tertiary/aromatic N) is 1. The average molecular weight is 412 g/mol. The fourth-order valence-electron chi connectivity index (χ4n) is 2.99. The Labute approximate surface area is 164 Å². The zero-order valence-corrected chi connectivity index (χ0v) is 17.4. The molecule has 0 spiro atoms. The van der Waals surface area contributed by atoms with Gasteiger partial charge in [-0.05, 0) is 50.3 Å². The molecule has 8 heteroatoms. The van der Waals surface area contributed by atoms with Gasteiger partial charge in [0.2, 0.25) is 0 Å². The van der Waals surface area contributed by atoms with Gasteiger partial charge in [-0.25, -0.2) is 13.2 Å². The van der Waals surface area contributed by atoms with Crippen LogP contribution in [0.1, 0.15) is 25.8 Å². The lowest BCUT2D eigenvalue weighted by Crippen LogP contribution is -2.46. The molecule has 1 aliphatic heterocycles. The Bertz CT molecular complexity index is 802. The van der Waals surface area contributed by atoms with E-state index in [4.69, 9.17) is 4.74 Å². The lowest BCUT2D eigenvalue weighted by Gasteiger charge is -2.29. The Morgan fingerprint density at radius 2 is 2.00 bits per heavy atom. The van der Waals surface area contributed by atoms with Crippen molar-refractivity contribution in [2.75, 3.05) is 24.3 Å². The van der Waals surface area contributed by atoms with Crippen molar-refractivity contribution in [3.8, 4) is 0 Å². The predicted octanol–water partition coefficient (Wildman–Crippen LogP) is 2.39. The van der Waals surface area contributed by atoms with E-state index in [9.17, 15) is 18.0 Å². The van der Waals surface area contributed by atoms with E-state index in [2.05, 4.69) is 0 Å². The SMILES string of the molecule is CCN(C(=O)[C@H](C)OC(=O)/C=C/c1ccc(SC)cc1)[C@@H]1CCS(=O)(=O)C1. The van der Waals surface area contributed by atoms with E-state index in [1.54, 1.807) is 24.8 Å². The number of sulfone groups is 1. The molecule has 0 saturated carbocycles. The van der Waals surface area contributed by atoms with Crippen LogP contribution in [0, 0.1) is 0 Å². The minimum Gasteiger partial charge on any atom is -0.449 e. The number of amides is 1. The Morgan fingerprint density at radius 3 is 2.52 bits per heavy atom. The quantitative estimate of drug-likeness (QED) is 0.389. The summed E-state index contributed by atoms with van der Waals surface area (Å²) < 4.78 is 28.5. The minimum absolute atomic E-state index is 0.0286. The molecule has 0 aromatic heterocycles. The van der Waals surface area contributed by atoms with Crippen LogP contribution in [0.2, 0.25) is 0 Å². The van der Waals surface area contributed by atoms with Crippen LogP contribution in [-0.4, -0.2) is 61.6 Å². The molecule has 1 aromatic carbocycles. The second-order valence-electron chi connectivity index (χ2n) is 6.37. The monoisotopic (exact) mass is 411 g/mol. The highest BCUT2D eigenvalue weighted by atomic mass is 32.2. The standard InChI is InChI=1S/C19H25NO5S2/c1-4-20(16-11-12-27(23,24)13-16)19(22)14(2)25-18(21)10-7-15-5-8-17(26-3)9-6-15/h5-10,14,16H,4,11-13H2,1-3H3/b10-7+/t14-,16+/m0/s1. The van der Waals surface area contributed by atoms with Crippen molar-refractivity contribution in [3.63, 3.8) is 0 Å². The number of likely N-dealkylation sites (N-methyl/N-ethyl adjacent to an activating group) is 1. The van der Waals surface area contributed by atoms with Crippen LogP contribution >= 0.6 is 11.8 Å². The molecule has 27 heavy (non-hydrogen) atoms. The van der Waals surface area contributed by atoms with Gasteiger partial charge in [0.1, 0.15) is 0 Å². The fraction of sp³-hybridized carbons (Fsp3) is 0.474. The number of carbonyl (C=O) groups excluding carboxylic acids is 2. The first-order valence-electron chi connectivity index (χ1n) is 8.79. The van der Waals surface area contributed by atoms with Gasteiger partial charge in [-0.1, -0.05) is 12.1 Å². The Kier molecular flexibility index (Phi) is 7.49. The van der Waals surface area contributed by atoms with E-state index in [0.29, 0.717) is 13.0 Å². The van der Waals surface area contributed by atoms with Gasteiger partial charge in [-0.3, -0.25) is 4.79 Å². The zero-order valence-electron chi connectivity index (χ0n) is 15.8. The van der Waals surface area contributed by atoms with Gasteiger partial charge < -0.3 is 9.64 Å². The van der Waals surface area contributed by atoms with E-state index in [-0.39, 0.29) is 23.5 Å². The van der Waals surface area contributed by atoms with Crippen LogP contribution in [0.4, 0.5) is 0 Å². The van der Waals surface area contributed by atoms with Gasteiger partial charge in [0, 0.05) is 23.6 Å². The number of benzene rings is 1. The molecule has 148 valence electrons. The van der Waals surface area contributed by atoms with Crippen LogP contribution in [-0.2, 0) is 24.2 Å². The van der Waals surface area contributed by atoms with E-state index in [1.807, 2.05) is 30.5 Å². The third-order valence-electron chi connectivity index (χ3n) is 4.44. The molecule has 1 heterocycles. The van der Waals surface area contributed by atoms with Crippen molar-refractivity contribution >= 4 is 39.6 Å². The topological polar surface area (TPSA) is 80.8 Å². The Balaban J connectivity index is 1.93. The van der Waals surface area contributed by atoms with Crippen molar-refractivity contribution in [3.05, 3.63) is 35.9 Å². The van der Waals surface area contributed by atoms with Gasteiger partial charge in [0.15, 0.2) is 15.9 Å². The number of hydrogen-bond donors (Lipinski definition) is 0. The zero-order chi connectivity index (χ0) is 20.0. The summed E-state index contributed by atoms with van der Waals surface area (Å²) in [5.74, 6) is -0.919. The molecule has 1 aliphatic rings. The molecular formula is C19H25NO5S2. The summed E-state index contributed by atoms with van der Waals surface area (Å²) in [7, 11) is -3.09. The van der Waals surface area contributed by atoms with E-state index < -0.39 is 21.9 Å². The normalized spacial score (nSPS) is 19.7.